The fourth-order valence-electron chi connectivity index (χ4n) is 0.981. The molecule has 6 nitrogen and oxygen atoms in total. The van der Waals surface area contributed by atoms with E-state index in [1.165, 1.54) is 0 Å². The van der Waals surface area contributed by atoms with Crippen LogP contribution in [0.2, 0.25) is 0 Å². The number of carbonyl (C=O) groups is 2. The van der Waals surface area contributed by atoms with Crippen molar-refractivity contribution >= 4 is 23.3 Å². The first-order valence-corrected chi connectivity index (χ1v) is 5.18. The highest BCUT2D eigenvalue weighted by atomic mass is 32.1. The van der Waals surface area contributed by atoms with Gasteiger partial charge in [-0.1, -0.05) is 18.3 Å². The van der Waals surface area contributed by atoms with E-state index in [2.05, 4.69) is 14.9 Å². The Bertz CT molecular complexity index is 374. The van der Waals surface area contributed by atoms with Gasteiger partial charge in [-0.15, -0.1) is 5.10 Å². The van der Waals surface area contributed by atoms with Crippen molar-refractivity contribution in [2.24, 2.45) is 5.73 Å². The van der Waals surface area contributed by atoms with E-state index in [4.69, 9.17) is 5.73 Å². The van der Waals surface area contributed by atoms with Crippen molar-refractivity contribution in [1.29, 1.82) is 0 Å². The van der Waals surface area contributed by atoms with Gasteiger partial charge >= 0.3 is 0 Å². The largest absolute Gasteiger partial charge is 0.368 e. The van der Waals surface area contributed by atoms with Gasteiger partial charge in [0.1, 0.15) is 4.88 Å². The lowest BCUT2D eigenvalue weighted by molar-refractivity contribution is -0.117. The van der Waals surface area contributed by atoms with Crippen LogP contribution in [0.5, 0.6) is 0 Å². The lowest BCUT2D eigenvalue weighted by atomic mass is 10.1. The molecule has 0 aliphatic heterocycles. The van der Waals surface area contributed by atoms with Crippen LogP contribution in [0.3, 0.4) is 0 Å². The number of nitrogens with zero attached hydrogens (tertiary/aromatic N) is 2. The molecule has 0 bridgehead atoms. The van der Waals surface area contributed by atoms with Gasteiger partial charge in [-0.25, -0.2) is 0 Å². The molecule has 3 N–H and O–H groups in total. The molecule has 0 atom stereocenters. The number of aromatic nitrogens is 2. The molecule has 1 aromatic heterocycles. The fraction of sp³-hybridized carbons (Fsp3) is 0.500. The smallest absolute Gasteiger partial charge is 0.265 e. The van der Waals surface area contributed by atoms with Gasteiger partial charge in [0.15, 0.2) is 0 Å². The minimum Gasteiger partial charge on any atom is -0.368 e. The molecule has 0 saturated heterocycles. The third-order valence-electron chi connectivity index (χ3n) is 1.69. The Morgan fingerprint density at radius 2 is 2.20 bits per heavy atom. The van der Waals surface area contributed by atoms with E-state index < -0.39 is 5.91 Å². The lowest BCUT2D eigenvalue weighted by Gasteiger charge is -2.03. The van der Waals surface area contributed by atoms with Gasteiger partial charge in [0.25, 0.3) is 5.91 Å². The van der Waals surface area contributed by atoms with Crippen LogP contribution in [0.15, 0.2) is 0 Å². The van der Waals surface area contributed by atoms with Gasteiger partial charge in [0, 0.05) is 0 Å². The second kappa shape index (κ2) is 4.83. The summed E-state index contributed by atoms with van der Waals surface area (Å²) < 4.78 is 3.71. The number of nitrogens with two attached hydrogens (primary N) is 1. The van der Waals surface area contributed by atoms with Crippen LogP contribution in [0.4, 0.5) is 0 Å². The Hall–Kier alpha value is -1.50. The maximum absolute atomic E-state index is 11.5. The molecular weight excluding hydrogens is 216 g/mol. The van der Waals surface area contributed by atoms with Gasteiger partial charge in [0.2, 0.25) is 5.91 Å². The number of amides is 2. The van der Waals surface area contributed by atoms with Crippen molar-refractivity contribution in [3.63, 3.8) is 0 Å². The number of carbonyl (C=O) groups excluding carboxylic acids is 2. The van der Waals surface area contributed by atoms with Gasteiger partial charge in [-0.3, -0.25) is 9.59 Å². The second-order valence-corrected chi connectivity index (χ2v) is 4.05. The monoisotopic (exact) mass is 228 g/mol. The minimum absolute atomic E-state index is 0.123. The second-order valence-electron chi connectivity index (χ2n) is 3.29. The summed E-state index contributed by atoms with van der Waals surface area (Å²) in [6.45, 7) is 3.66. The zero-order chi connectivity index (χ0) is 11.4. The SMILES string of the molecule is CC(C)c1nnsc1C(=O)NCC(N)=O. The predicted octanol–water partition coefficient (Wildman–Crippen LogP) is -0.123. The van der Waals surface area contributed by atoms with Gasteiger partial charge in [-0.05, 0) is 17.5 Å². The van der Waals surface area contributed by atoms with E-state index in [9.17, 15) is 9.59 Å². The Morgan fingerprint density at radius 3 is 2.73 bits per heavy atom. The number of hydrogen-bond acceptors (Lipinski definition) is 5. The van der Waals surface area contributed by atoms with Crippen LogP contribution in [0.1, 0.15) is 35.1 Å². The molecule has 1 aromatic rings. The summed E-state index contributed by atoms with van der Waals surface area (Å²) >= 11 is 1.01. The first kappa shape index (κ1) is 11.6. The fourth-order valence-corrected chi connectivity index (χ4v) is 1.72. The molecule has 0 spiro atoms. The van der Waals surface area contributed by atoms with Crippen molar-refractivity contribution < 1.29 is 9.59 Å². The summed E-state index contributed by atoms with van der Waals surface area (Å²) in [5, 5.41) is 6.25. The van der Waals surface area contributed by atoms with Crippen LogP contribution in [-0.4, -0.2) is 27.9 Å². The predicted molar refractivity (Wildman–Crippen MR) is 55.5 cm³/mol. The average molecular weight is 228 g/mol. The average Bonchev–Trinajstić information content (AvgIpc) is 2.62. The topological polar surface area (TPSA) is 98.0 Å². The molecule has 7 heteroatoms. The normalized spacial score (nSPS) is 10.3. The van der Waals surface area contributed by atoms with Crippen molar-refractivity contribution in [3.05, 3.63) is 10.6 Å². The summed E-state index contributed by atoms with van der Waals surface area (Å²) in [7, 11) is 0. The quantitative estimate of drug-likeness (QED) is 0.750. The van der Waals surface area contributed by atoms with Crippen LogP contribution in [-0.2, 0) is 4.79 Å². The standard InChI is InChI=1S/C8H12N4O2S/c1-4(2)6-7(15-12-11-6)8(14)10-3-5(9)13/h4H,3H2,1-2H3,(H2,9,13)(H,10,14). The Morgan fingerprint density at radius 1 is 1.53 bits per heavy atom. The molecule has 0 aliphatic carbocycles. The molecule has 1 rings (SSSR count). The molecule has 0 unspecified atom stereocenters. The lowest BCUT2D eigenvalue weighted by Crippen LogP contribution is -2.33. The van der Waals surface area contributed by atoms with Crippen LogP contribution in [0.25, 0.3) is 0 Å². The van der Waals surface area contributed by atoms with Crippen LogP contribution >= 0.6 is 11.5 Å². The maximum Gasteiger partial charge on any atom is 0.265 e. The summed E-state index contributed by atoms with van der Waals surface area (Å²) in [6.07, 6.45) is 0. The maximum atomic E-state index is 11.5. The minimum atomic E-state index is -0.577. The molecule has 0 fully saturated rings. The van der Waals surface area contributed by atoms with E-state index in [0.29, 0.717) is 10.6 Å². The third kappa shape index (κ3) is 2.98. The van der Waals surface area contributed by atoms with Crippen LogP contribution < -0.4 is 11.1 Å². The number of hydrogen-bond donors (Lipinski definition) is 2. The Balaban J connectivity index is 2.73. The van der Waals surface area contributed by atoms with Crippen molar-refractivity contribution in [2.75, 3.05) is 6.54 Å². The van der Waals surface area contributed by atoms with E-state index in [1.54, 1.807) is 0 Å². The molecule has 0 radical (unpaired) electrons. The molecular formula is C8H12N4O2S. The zero-order valence-corrected chi connectivity index (χ0v) is 9.30. The van der Waals surface area contributed by atoms with E-state index in [-0.39, 0.29) is 18.4 Å². The van der Waals surface area contributed by atoms with Crippen molar-refractivity contribution in [1.82, 2.24) is 14.9 Å². The van der Waals surface area contributed by atoms with Crippen molar-refractivity contribution in [3.8, 4) is 0 Å². The molecule has 2 amide bonds. The Labute approximate surface area is 91.0 Å². The summed E-state index contributed by atoms with van der Waals surface area (Å²) in [4.78, 5) is 22.5. The molecule has 0 saturated carbocycles. The van der Waals surface area contributed by atoms with E-state index >= 15 is 0 Å². The highest BCUT2D eigenvalue weighted by Crippen LogP contribution is 2.19. The summed E-state index contributed by atoms with van der Waals surface area (Å²) in [5.74, 6) is -0.808. The summed E-state index contributed by atoms with van der Waals surface area (Å²) in [6, 6.07) is 0. The first-order chi connectivity index (χ1) is 7.02. The highest BCUT2D eigenvalue weighted by Gasteiger charge is 2.18. The molecule has 15 heavy (non-hydrogen) atoms. The highest BCUT2D eigenvalue weighted by molar-refractivity contribution is 7.08. The Kier molecular flexibility index (Phi) is 3.73. The first-order valence-electron chi connectivity index (χ1n) is 4.41. The van der Waals surface area contributed by atoms with Gasteiger partial charge in [-0.2, -0.15) is 0 Å². The van der Waals surface area contributed by atoms with Crippen LogP contribution in [0, 0.1) is 0 Å². The third-order valence-corrected chi connectivity index (χ3v) is 2.43. The molecule has 82 valence electrons. The van der Waals surface area contributed by atoms with Crippen molar-refractivity contribution in [2.45, 2.75) is 19.8 Å². The zero-order valence-electron chi connectivity index (χ0n) is 8.48. The number of nitrogens with one attached hydrogen (secondary N) is 1. The number of rotatable bonds is 4. The van der Waals surface area contributed by atoms with Gasteiger partial charge in [0.05, 0.1) is 12.2 Å². The molecule has 0 aromatic carbocycles. The van der Waals surface area contributed by atoms with Gasteiger partial charge < -0.3 is 11.1 Å². The van der Waals surface area contributed by atoms with E-state index in [1.807, 2.05) is 13.8 Å². The molecule has 0 aliphatic rings. The molecule has 1 heterocycles. The number of primary amides is 1. The van der Waals surface area contributed by atoms with E-state index in [0.717, 1.165) is 11.5 Å². The summed E-state index contributed by atoms with van der Waals surface area (Å²) in [5.41, 5.74) is 5.55.